The second-order valence-electron chi connectivity index (χ2n) is 5.17. The molecule has 3 nitrogen and oxygen atoms in total. The fourth-order valence-electron chi connectivity index (χ4n) is 2.48. The molecule has 0 saturated carbocycles. The molecule has 0 amide bonds. The highest BCUT2D eigenvalue weighted by molar-refractivity contribution is 5.81. The maximum atomic E-state index is 14.2. The van der Waals surface area contributed by atoms with Gasteiger partial charge in [0.1, 0.15) is 5.82 Å². The molecule has 2 aromatic rings. The quantitative estimate of drug-likeness (QED) is 0.852. The number of fused-ring (bicyclic) bond motifs is 1. The van der Waals surface area contributed by atoms with Gasteiger partial charge in [-0.05, 0) is 18.6 Å². The number of hydrogen-bond donors (Lipinski definition) is 0. The minimum Gasteiger partial charge on any atom is -0.379 e. The third-order valence-electron chi connectivity index (χ3n) is 3.71. The molecular formula is C15H15F3N2O. The molecule has 1 aliphatic heterocycles. The van der Waals surface area contributed by atoms with Crippen molar-refractivity contribution in [2.45, 2.75) is 13.5 Å². The van der Waals surface area contributed by atoms with Crippen LogP contribution in [-0.4, -0.2) is 36.2 Å². The lowest BCUT2D eigenvalue weighted by Crippen LogP contribution is -2.36. The Labute approximate surface area is 120 Å². The lowest BCUT2D eigenvalue weighted by molar-refractivity contribution is 0.0331. The van der Waals surface area contributed by atoms with Gasteiger partial charge in [0, 0.05) is 19.6 Å². The highest BCUT2D eigenvalue weighted by Crippen LogP contribution is 2.26. The van der Waals surface area contributed by atoms with Gasteiger partial charge in [-0.1, -0.05) is 6.07 Å². The van der Waals surface area contributed by atoms with Gasteiger partial charge in [0.2, 0.25) is 0 Å². The van der Waals surface area contributed by atoms with Gasteiger partial charge in [0.25, 0.3) is 0 Å². The first-order valence-corrected chi connectivity index (χ1v) is 6.80. The summed E-state index contributed by atoms with van der Waals surface area (Å²) >= 11 is 0. The summed E-state index contributed by atoms with van der Waals surface area (Å²) in [5, 5.41) is -0.377. The first-order chi connectivity index (χ1) is 10.1. The summed E-state index contributed by atoms with van der Waals surface area (Å²) in [4.78, 5) is 6.03. The van der Waals surface area contributed by atoms with Crippen molar-refractivity contribution >= 4 is 10.9 Å². The molecule has 0 atom stereocenters. The zero-order chi connectivity index (χ0) is 15.0. The van der Waals surface area contributed by atoms with Crippen LogP contribution in [0, 0.1) is 24.4 Å². The summed E-state index contributed by atoms with van der Waals surface area (Å²) in [5.74, 6) is -2.99. The van der Waals surface area contributed by atoms with E-state index in [9.17, 15) is 13.2 Å². The van der Waals surface area contributed by atoms with Crippen molar-refractivity contribution in [2.24, 2.45) is 0 Å². The molecule has 0 N–H and O–H groups in total. The molecule has 1 aromatic heterocycles. The largest absolute Gasteiger partial charge is 0.379 e. The van der Waals surface area contributed by atoms with E-state index >= 15 is 0 Å². The number of aryl methyl sites for hydroxylation is 1. The summed E-state index contributed by atoms with van der Waals surface area (Å²) in [7, 11) is 0. The van der Waals surface area contributed by atoms with E-state index in [2.05, 4.69) is 4.98 Å². The highest BCUT2D eigenvalue weighted by atomic mass is 19.2. The average Bonchev–Trinajstić information content (AvgIpc) is 2.49. The number of aromatic nitrogens is 1. The first-order valence-electron chi connectivity index (χ1n) is 6.80. The summed E-state index contributed by atoms with van der Waals surface area (Å²) < 4.78 is 47.5. The van der Waals surface area contributed by atoms with E-state index in [0.717, 1.165) is 0 Å². The van der Waals surface area contributed by atoms with E-state index in [-0.39, 0.29) is 28.7 Å². The SMILES string of the molecule is Cc1ccc2nc(CN3CCOCC3)c(F)c(F)c2c1F. The maximum absolute atomic E-state index is 14.2. The van der Waals surface area contributed by atoms with Crippen LogP contribution in [0.25, 0.3) is 10.9 Å². The zero-order valence-electron chi connectivity index (χ0n) is 11.6. The minimum atomic E-state index is -1.16. The average molecular weight is 296 g/mol. The molecule has 1 fully saturated rings. The van der Waals surface area contributed by atoms with Gasteiger partial charge in [-0.15, -0.1) is 0 Å². The molecule has 0 unspecified atom stereocenters. The van der Waals surface area contributed by atoms with E-state index < -0.39 is 17.5 Å². The Morgan fingerprint density at radius 3 is 2.52 bits per heavy atom. The van der Waals surface area contributed by atoms with Crippen LogP contribution in [0.1, 0.15) is 11.3 Å². The Bertz CT molecular complexity index is 684. The normalized spacial score (nSPS) is 16.6. The summed E-state index contributed by atoms with van der Waals surface area (Å²) in [5.41, 5.74) is 0.411. The second kappa shape index (κ2) is 5.61. The van der Waals surface area contributed by atoms with E-state index in [1.54, 1.807) is 0 Å². The maximum Gasteiger partial charge on any atom is 0.182 e. The second-order valence-corrected chi connectivity index (χ2v) is 5.17. The lowest BCUT2D eigenvalue weighted by atomic mass is 10.1. The molecule has 1 aromatic carbocycles. The van der Waals surface area contributed by atoms with Crippen LogP contribution in [0.15, 0.2) is 12.1 Å². The van der Waals surface area contributed by atoms with E-state index in [1.807, 2.05) is 4.90 Å². The Kier molecular flexibility index (Phi) is 3.82. The molecule has 112 valence electrons. The molecule has 1 saturated heterocycles. The summed E-state index contributed by atoms with van der Waals surface area (Å²) in [6.45, 7) is 4.11. The van der Waals surface area contributed by atoms with Crippen molar-refractivity contribution in [3.63, 3.8) is 0 Å². The number of halogens is 3. The molecule has 0 bridgehead atoms. The lowest BCUT2D eigenvalue weighted by Gasteiger charge is -2.26. The molecule has 2 heterocycles. The Morgan fingerprint density at radius 1 is 1.10 bits per heavy atom. The molecular weight excluding hydrogens is 281 g/mol. The number of pyridine rings is 1. The number of rotatable bonds is 2. The standard InChI is InChI=1S/C15H15F3N2O/c1-9-2-3-10-12(13(9)16)15(18)14(17)11(19-10)8-20-4-6-21-7-5-20/h2-3H,4-8H2,1H3. The Morgan fingerprint density at radius 2 is 1.81 bits per heavy atom. The summed E-state index contributed by atoms with van der Waals surface area (Å²) in [6.07, 6.45) is 0. The van der Waals surface area contributed by atoms with Gasteiger partial charge in [-0.3, -0.25) is 4.90 Å². The van der Waals surface area contributed by atoms with E-state index in [4.69, 9.17) is 4.74 Å². The van der Waals surface area contributed by atoms with Crippen LogP contribution < -0.4 is 0 Å². The van der Waals surface area contributed by atoms with Gasteiger partial charge >= 0.3 is 0 Å². The van der Waals surface area contributed by atoms with Crippen LogP contribution in [-0.2, 0) is 11.3 Å². The molecule has 0 aliphatic carbocycles. The predicted molar refractivity (Wildman–Crippen MR) is 72.5 cm³/mol. The fraction of sp³-hybridized carbons (Fsp3) is 0.400. The van der Waals surface area contributed by atoms with Crippen molar-refractivity contribution < 1.29 is 17.9 Å². The van der Waals surface area contributed by atoms with Crippen LogP contribution >= 0.6 is 0 Å². The van der Waals surface area contributed by atoms with E-state index in [0.29, 0.717) is 26.3 Å². The monoisotopic (exact) mass is 296 g/mol. The van der Waals surface area contributed by atoms with Crippen molar-refractivity contribution in [3.8, 4) is 0 Å². The third-order valence-corrected chi connectivity index (χ3v) is 3.71. The molecule has 0 radical (unpaired) electrons. The Hall–Kier alpha value is -1.66. The minimum absolute atomic E-state index is 0.00477. The van der Waals surface area contributed by atoms with Gasteiger partial charge < -0.3 is 4.74 Å². The van der Waals surface area contributed by atoms with Gasteiger partial charge in [-0.2, -0.15) is 0 Å². The van der Waals surface area contributed by atoms with Crippen LogP contribution in [0.3, 0.4) is 0 Å². The van der Waals surface area contributed by atoms with E-state index in [1.165, 1.54) is 19.1 Å². The van der Waals surface area contributed by atoms with Gasteiger partial charge in [-0.25, -0.2) is 18.2 Å². The smallest absolute Gasteiger partial charge is 0.182 e. The number of ether oxygens (including phenoxy) is 1. The molecule has 0 spiro atoms. The zero-order valence-corrected chi connectivity index (χ0v) is 11.6. The first kappa shape index (κ1) is 14.3. The van der Waals surface area contributed by atoms with Crippen LogP contribution in [0.2, 0.25) is 0 Å². The fourth-order valence-corrected chi connectivity index (χ4v) is 2.48. The van der Waals surface area contributed by atoms with Crippen molar-refractivity contribution in [1.82, 2.24) is 9.88 Å². The number of nitrogens with zero attached hydrogens (tertiary/aromatic N) is 2. The predicted octanol–water partition coefficient (Wildman–Crippen LogP) is 2.79. The molecule has 3 rings (SSSR count). The number of morpholine rings is 1. The summed E-state index contributed by atoms with van der Waals surface area (Å²) in [6, 6.07) is 3.03. The van der Waals surface area contributed by atoms with Crippen LogP contribution in [0.5, 0.6) is 0 Å². The van der Waals surface area contributed by atoms with Crippen LogP contribution in [0.4, 0.5) is 13.2 Å². The third kappa shape index (κ3) is 2.61. The topological polar surface area (TPSA) is 25.4 Å². The van der Waals surface area contributed by atoms with Gasteiger partial charge in [0.05, 0.1) is 29.8 Å². The van der Waals surface area contributed by atoms with Crippen molar-refractivity contribution in [2.75, 3.05) is 26.3 Å². The molecule has 1 aliphatic rings. The number of hydrogen-bond acceptors (Lipinski definition) is 3. The van der Waals surface area contributed by atoms with Crippen molar-refractivity contribution in [3.05, 3.63) is 40.8 Å². The van der Waals surface area contributed by atoms with Crippen molar-refractivity contribution in [1.29, 1.82) is 0 Å². The Balaban J connectivity index is 2.04. The molecule has 21 heavy (non-hydrogen) atoms. The molecule has 6 heteroatoms. The van der Waals surface area contributed by atoms with Gasteiger partial charge in [0.15, 0.2) is 11.6 Å². The number of benzene rings is 1. The highest BCUT2D eigenvalue weighted by Gasteiger charge is 2.21.